The van der Waals surface area contributed by atoms with E-state index in [1.54, 1.807) is 0 Å². The number of carbonyl (C=O) groups excluding carboxylic acids is 1. The predicted octanol–water partition coefficient (Wildman–Crippen LogP) is 2.58. The van der Waals surface area contributed by atoms with Crippen molar-refractivity contribution in [3.8, 4) is 0 Å². The number of hydrogen-bond donors (Lipinski definition) is 1. The molecule has 0 spiro atoms. The summed E-state index contributed by atoms with van der Waals surface area (Å²) < 4.78 is 5.03. The standard InChI is InChI=1S/C13H22O3/c1-3-4-5-6-7-8-11(14)13-10(2)9-12(15)16-13/h9,11,13-14H,3-8H2,1-2H3. The van der Waals surface area contributed by atoms with Crippen LogP contribution in [-0.2, 0) is 9.53 Å². The van der Waals surface area contributed by atoms with Gasteiger partial charge in [-0.1, -0.05) is 39.0 Å². The maximum Gasteiger partial charge on any atom is 0.331 e. The zero-order chi connectivity index (χ0) is 12.0. The van der Waals surface area contributed by atoms with Crippen LogP contribution in [0.25, 0.3) is 0 Å². The van der Waals surface area contributed by atoms with Crippen molar-refractivity contribution in [2.24, 2.45) is 0 Å². The van der Waals surface area contributed by atoms with Crippen LogP contribution in [0.2, 0.25) is 0 Å². The largest absolute Gasteiger partial charge is 0.452 e. The number of carbonyl (C=O) groups is 1. The second-order valence-electron chi connectivity index (χ2n) is 4.52. The van der Waals surface area contributed by atoms with Gasteiger partial charge in [0.25, 0.3) is 0 Å². The maximum atomic E-state index is 11.0. The molecule has 92 valence electrons. The van der Waals surface area contributed by atoms with Crippen LogP contribution in [0.4, 0.5) is 0 Å². The van der Waals surface area contributed by atoms with Crippen molar-refractivity contribution in [2.45, 2.75) is 64.6 Å². The number of aliphatic hydroxyl groups is 1. The highest BCUT2D eigenvalue weighted by Crippen LogP contribution is 2.21. The molecule has 3 nitrogen and oxygen atoms in total. The summed E-state index contributed by atoms with van der Waals surface area (Å²) in [6.45, 7) is 4.01. The lowest BCUT2D eigenvalue weighted by Crippen LogP contribution is -2.27. The molecule has 0 aromatic heterocycles. The van der Waals surface area contributed by atoms with E-state index in [0.29, 0.717) is 6.42 Å². The Hall–Kier alpha value is -0.830. The van der Waals surface area contributed by atoms with E-state index in [-0.39, 0.29) is 5.97 Å². The monoisotopic (exact) mass is 226 g/mol. The lowest BCUT2D eigenvalue weighted by Gasteiger charge is -2.18. The fourth-order valence-electron chi connectivity index (χ4n) is 2.01. The van der Waals surface area contributed by atoms with E-state index in [2.05, 4.69) is 6.92 Å². The van der Waals surface area contributed by atoms with E-state index >= 15 is 0 Å². The average molecular weight is 226 g/mol. The molecular formula is C13H22O3. The molecule has 0 fully saturated rings. The molecule has 0 amide bonds. The summed E-state index contributed by atoms with van der Waals surface area (Å²) in [6, 6.07) is 0. The third kappa shape index (κ3) is 3.97. The molecule has 0 saturated heterocycles. The van der Waals surface area contributed by atoms with E-state index in [0.717, 1.165) is 18.4 Å². The summed E-state index contributed by atoms with van der Waals surface area (Å²) >= 11 is 0. The van der Waals surface area contributed by atoms with Crippen LogP contribution >= 0.6 is 0 Å². The van der Waals surface area contributed by atoms with Gasteiger partial charge in [-0.05, 0) is 18.9 Å². The Balaban J connectivity index is 2.18. The molecular weight excluding hydrogens is 204 g/mol. The van der Waals surface area contributed by atoms with Crippen molar-refractivity contribution < 1.29 is 14.6 Å². The van der Waals surface area contributed by atoms with Gasteiger partial charge in [0.1, 0.15) is 6.10 Å². The molecule has 1 aliphatic heterocycles. The van der Waals surface area contributed by atoms with Crippen LogP contribution < -0.4 is 0 Å². The molecule has 1 N–H and O–H groups in total. The van der Waals surface area contributed by atoms with Crippen molar-refractivity contribution in [2.75, 3.05) is 0 Å². The Labute approximate surface area is 97.5 Å². The zero-order valence-corrected chi connectivity index (χ0v) is 10.2. The van der Waals surface area contributed by atoms with Crippen LogP contribution in [-0.4, -0.2) is 23.3 Å². The molecule has 2 atom stereocenters. The fraction of sp³-hybridized carbons (Fsp3) is 0.769. The third-order valence-corrected chi connectivity index (χ3v) is 2.99. The molecule has 1 heterocycles. The number of aliphatic hydroxyl groups excluding tert-OH is 1. The van der Waals surface area contributed by atoms with E-state index in [1.165, 1.54) is 25.3 Å². The first-order chi connectivity index (χ1) is 7.65. The molecule has 16 heavy (non-hydrogen) atoms. The first-order valence-corrected chi connectivity index (χ1v) is 6.22. The van der Waals surface area contributed by atoms with Gasteiger partial charge in [0.2, 0.25) is 0 Å². The van der Waals surface area contributed by atoms with Crippen molar-refractivity contribution in [3.63, 3.8) is 0 Å². The highest BCUT2D eigenvalue weighted by molar-refractivity contribution is 5.85. The quantitative estimate of drug-likeness (QED) is 0.536. The summed E-state index contributed by atoms with van der Waals surface area (Å²) in [7, 11) is 0. The summed E-state index contributed by atoms with van der Waals surface area (Å²) in [5.41, 5.74) is 0.839. The van der Waals surface area contributed by atoms with Gasteiger partial charge in [0, 0.05) is 6.08 Å². The third-order valence-electron chi connectivity index (χ3n) is 2.99. The first kappa shape index (κ1) is 13.2. The number of hydrogen-bond acceptors (Lipinski definition) is 3. The van der Waals surface area contributed by atoms with Crippen molar-refractivity contribution in [1.82, 2.24) is 0 Å². The minimum absolute atomic E-state index is 0.326. The van der Waals surface area contributed by atoms with E-state index in [4.69, 9.17) is 4.74 Å². The van der Waals surface area contributed by atoms with Crippen LogP contribution in [0.15, 0.2) is 11.6 Å². The second-order valence-corrected chi connectivity index (χ2v) is 4.52. The zero-order valence-electron chi connectivity index (χ0n) is 10.2. The lowest BCUT2D eigenvalue weighted by atomic mass is 10.0. The molecule has 0 saturated carbocycles. The minimum Gasteiger partial charge on any atom is -0.452 e. The van der Waals surface area contributed by atoms with Gasteiger partial charge in [-0.3, -0.25) is 0 Å². The summed E-state index contributed by atoms with van der Waals surface area (Å²) in [4.78, 5) is 11.0. The van der Waals surface area contributed by atoms with Gasteiger partial charge >= 0.3 is 5.97 Å². The van der Waals surface area contributed by atoms with Gasteiger partial charge in [-0.2, -0.15) is 0 Å². The Bertz CT molecular complexity index is 258. The highest BCUT2D eigenvalue weighted by atomic mass is 16.6. The maximum absolute atomic E-state index is 11.0. The average Bonchev–Trinajstić information content (AvgIpc) is 2.57. The number of esters is 1. The van der Waals surface area contributed by atoms with E-state index < -0.39 is 12.2 Å². The van der Waals surface area contributed by atoms with Gasteiger partial charge in [0.15, 0.2) is 0 Å². The van der Waals surface area contributed by atoms with Crippen molar-refractivity contribution >= 4 is 5.97 Å². The van der Waals surface area contributed by atoms with Gasteiger partial charge in [0.05, 0.1) is 6.10 Å². The fourth-order valence-corrected chi connectivity index (χ4v) is 2.01. The van der Waals surface area contributed by atoms with Gasteiger partial charge in [-0.15, -0.1) is 0 Å². The molecule has 2 unspecified atom stereocenters. The van der Waals surface area contributed by atoms with E-state index in [1.807, 2.05) is 6.92 Å². The van der Waals surface area contributed by atoms with Crippen molar-refractivity contribution in [3.05, 3.63) is 11.6 Å². The molecule has 0 aliphatic carbocycles. The minimum atomic E-state index is -0.538. The lowest BCUT2D eigenvalue weighted by molar-refractivity contribution is -0.143. The summed E-state index contributed by atoms with van der Waals surface area (Å²) in [5, 5.41) is 9.88. The van der Waals surface area contributed by atoms with Crippen LogP contribution in [0, 0.1) is 0 Å². The normalized spacial score (nSPS) is 21.8. The predicted molar refractivity (Wildman–Crippen MR) is 63.0 cm³/mol. The molecule has 0 radical (unpaired) electrons. The SMILES string of the molecule is CCCCCCCC(O)C1OC(=O)C=C1C. The smallest absolute Gasteiger partial charge is 0.331 e. The summed E-state index contributed by atoms with van der Waals surface area (Å²) in [6.07, 6.45) is 7.10. The molecule has 1 rings (SSSR count). The summed E-state index contributed by atoms with van der Waals surface area (Å²) in [5.74, 6) is -0.326. The molecule has 1 aliphatic rings. The first-order valence-electron chi connectivity index (χ1n) is 6.22. The number of ether oxygens (including phenoxy) is 1. The topological polar surface area (TPSA) is 46.5 Å². The molecule has 0 aromatic carbocycles. The van der Waals surface area contributed by atoms with Crippen LogP contribution in [0.5, 0.6) is 0 Å². The van der Waals surface area contributed by atoms with Gasteiger partial charge < -0.3 is 9.84 Å². The van der Waals surface area contributed by atoms with Crippen LogP contribution in [0.3, 0.4) is 0 Å². The number of unbranched alkanes of at least 4 members (excludes halogenated alkanes) is 4. The molecule has 3 heteroatoms. The Kier molecular flexibility index (Phi) is 5.53. The number of cyclic esters (lactones) is 1. The molecule has 0 bridgehead atoms. The highest BCUT2D eigenvalue weighted by Gasteiger charge is 2.29. The Morgan fingerprint density at radius 3 is 2.62 bits per heavy atom. The van der Waals surface area contributed by atoms with Crippen LogP contribution in [0.1, 0.15) is 52.4 Å². The van der Waals surface area contributed by atoms with E-state index in [9.17, 15) is 9.90 Å². The molecule has 0 aromatic rings. The second kappa shape index (κ2) is 6.69. The van der Waals surface area contributed by atoms with Gasteiger partial charge in [-0.25, -0.2) is 4.79 Å². The number of rotatable bonds is 7. The Morgan fingerprint density at radius 1 is 1.38 bits per heavy atom. The van der Waals surface area contributed by atoms with Crippen molar-refractivity contribution in [1.29, 1.82) is 0 Å². The Morgan fingerprint density at radius 2 is 2.06 bits per heavy atom.